The van der Waals surface area contributed by atoms with Crippen LogP contribution in [0.4, 0.5) is 0 Å². The van der Waals surface area contributed by atoms with Gasteiger partial charge in [-0.2, -0.15) is 0 Å². The van der Waals surface area contributed by atoms with E-state index in [2.05, 4.69) is 55.5 Å². The highest BCUT2D eigenvalue weighted by molar-refractivity contribution is 6.03. The molecule has 0 bridgehead atoms. The maximum Gasteiger partial charge on any atom is 0.136 e. The van der Waals surface area contributed by atoms with Gasteiger partial charge in [0, 0.05) is 37.1 Å². The maximum atomic E-state index is 5.76. The fourth-order valence-corrected chi connectivity index (χ4v) is 6.31. The molecule has 0 aliphatic carbocycles. The quantitative estimate of drug-likeness (QED) is 0.0990. The molecule has 0 spiro atoms. The number of para-hydroxylation sites is 2. The van der Waals surface area contributed by atoms with E-state index in [9.17, 15) is 0 Å². The molecule has 6 rings (SSSR count). The second kappa shape index (κ2) is 14.7. The number of aromatic nitrogens is 6. The van der Waals surface area contributed by atoms with Crippen molar-refractivity contribution in [1.82, 2.24) is 29.1 Å². The largest absolute Gasteiger partial charge is 0.374 e. The Hall–Kier alpha value is -3.88. The van der Waals surface area contributed by atoms with Gasteiger partial charge in [-0.3, -0.25) is 9.97 Å². The minimum Gasteiger partial charge on any atom is -0.374 e. The number of aryl methyl sites for hydroxylation is 2. The Bertz CT molecular complexity index is 1690. The minimum atomic E-state index is 0.536. The van der Waals surface area contributed by atoms with E-state index in [4.69, 9.17) is 19.4 Å². The molecule has 4 heterocycles. The van der Waals surface area contributed by atoms with Gasteiger partial charge in [-0.15, -0.1) is 0 Å². The average molecular weight is 593 g/mol. The first-order chi connectivity index (χ1) is 21.8. The van der Waals surface area contributed by atoms with Gasteiger partial charge in [0.15, 0.2) is 0 Å². The zero-order valence-corrected chi connectivity index (χ0v) is 26.2. The fraction of sp³-hybridized carbons (Fsp3) is 0.444. The minimum absolute atomic E-state index is 0.536. The monoisotopic (exact) mass is 592 g/mol. The predicted octanol–water partition coefficient (Wildman–Crippen LogP) is 8.38. The van der Waals surface area contributed by atoms with Gasteiger partial charge < -0.3 is 18.6 Å². The van der Waals surface area contributed by atoms with Crippen LogP contribution in [0.1, 0.15) is 76.9 Å². The zero-order chi connectivity index (χ0) is 30.1. The molecular formula is C36H44N6O2. The normalized spacial score (nSPS) is 12.0. The van der Waals surface area contributed by atoms with Gasteiger partial charge in [-0.05, 0) is 38.8 Å². The van der Waals surface area contributed by atoms with E-state index in [1.807, 2.05) is 38.4 Å². The molecule has 0 unspecified atom stereocenters. The highest BCUT2D eigenvalue weighted by atomic mass is 16.5. The third kappa shape index (κ3) is 6.61. The van der Waals surface area contributed by atoms with Crippen molar-refractivity contribution in [1.29, 1.82) is 0 Å². The molecule has 0 amide bonds. The van der Waals surface area contributed by atoms with Crippen molar-refractivity contribution in [2.75, 3.05) is 13.2 Å². The topological polar surface area (TPSA) is 79.9 Å². The molecule has 8 heteroatoms. The molecule has 0 aliphatic rings. The number of benzene rings is 2. The lowest BCUT2D eigenvalue weighted by atomic mass is 10.1. The Balaban J connectivity index is 0.985. The van der Waals surface area contributed by atoms with Gasteiger partial charge in [0.05, 0.1) is 34.5 Å². The second-order valence-corrected chi connectivity index (χ2v) is 11.5. The SMILES string of the molecule is CCOCc1nc2cnc3ccccc3c2n1CCCCCCCCCCn1c(COCC)nc2cnc3ccccc3c21. The predicted molar refractivity (Wildman–Crippen MR) is 178 cm³/mol. The van der Waals surface area contributed by atoms with Crippen LogP contribution in [0.15, 0.2) is 60.9 Å². The maximum absolute atomic E-state index is 5.76. The van der Waals surface area contributed by atoms with E-state index in [-0.39, 0.29) is 0 Å². The van der Waals surface area contributed by atoms with Gasteiger partial charge in [0.25, 0.3) is 0 Å². The van der Waals surface area contributed by atoms with E-state index in [1.54, 1.807) is 0 Å². The van der Waals surface area contributed by atoms with E-state index >= 15 is 0 Å². The molecule has 2 aromatic carbocycles. The van der Waals surface area contributed by atoms with Crippen LogP contribution in [-0.4, -0.2) is 42.3 Å². The summed E-state index contributed by atoms with van der Waals surface area (Å²) in [6.07, 6.45) is 13.6. The van der Waals surface area contributed by atoms with Gasteiger partial charge in [-0.1, -0.05) is 74.9 Å². The van der Waals surface area contributed by atoms with Crippen LogP contribution in [0.25, 0.3) is 43.9 Å². The standard InChI is InChI=1S/C36H44N6O2/c1-3-43-25-33-39-31-23-37-29-19-13-11-17-27(29)35(31)41(33)21-15-9-7-5-6-8-10-16-22-42-34(26-44-4-2)40-32-24-38-30-20-14-12-18-28(30)36(32)42/h11-14,17-20,23-24H,3-10,15-16,21-22,25-26H2,1-2H3. The second-order valence-electron chi connectivity index (χ2n) is 11.5. The molecule has 0 saturated carbocycles. The number of fused-ring (bicyclic) bond motifs is 6. The summed E-state index contributed by atoms with van der Waals surface area (Å²) in [5.41, 5.74) is 6.31. The van der Waals surface area contributed by atoms with Gasteiger partial charge in [0.1, 0.15) is 35.9 Å². The average Bonchev–Trinajstić information content (AvgIpc) is 3.61. The summed E-state index contributed by atoms with van der Waals surface area (Å²) in [5.74, 6) is 2.00. The number of hydrogen-bond acceptors (Lipinski definition) is 6. The van der Waals surface area contributed by atoms with E-state index in [0.717, 1.165) is 59.6 Å². The molecule has 44 heavy (non-hydrogen) atoms. The molecule has 8 nitrogen and oxygen atoms in total. The molecule has 0 fully saturated rings. The van der Waals surface area contributed by atoms with Crippen LogP contribution in [0, 0.1) is 0 Å². The summed E-state index contributed by atoms with van der Waals surface area (Å²) >= 11 is 0. The first-order valence-electron chi connectivity index (χ1n) is 16.4. The third-order valence-corrected chi connectivity index (χ3v) is 8.50. The zero-order valence-electron chi connectivity index (χ0n) is 26.2. The highest BCUT2D eigenvalue weighted by Crippen LogP contribution is 2.27. The van der Waals surface area contributed by atoms with Crippen molar-refractivity contribution in [2.24, 2.45) is 0 Å². The van der Waals surface area contributed by atoms with Crippen molar-refractivity contribution in [3.8, 4) is 0 Å². The summed E-state index contributed by atoms with van der Waals surface area (Å²) in [7, 11) is 0. The van der Waals surface area contributed by atoms with Crippen molar-refractivity contribution in [3.63, 3.8) is 0 Å². The number of unbranched alkanes of at least 4 members (excludes halogenated alkanes) is 7. The lowest BCUT2D eigenvalue weighted by Gasteiger charge is -2.11. The Morgan fingerprint density at radius 1 is 0.523 bits per heavy atom. The molecule has 4 aromatic heterocycles. The van der Waals surface area contributed by atoms with Crippen molar-refractivity contribution in [2.45, 2.75) is 91.5 Å². The van der Waals surface area contributed by atoms with E-state index in [1.165, 1.54) is 60.3 Å². The molecule has 6 aromatic rings. The molecule has 0 atom stereocenters. The number of imidazole rings is 2. The summed E-state index contributed by atoms with van der Waals surface area (Å²) < 4.78 is 16.3. The summed E-state index contributed by atoms with van der Waals surface area (Å²) in [6, 6.07) is 16.7. The Labute approximate surface area is 259 Å². The Morgan fingerprint density at radius 3 is 1.36 bits per heavy atom. The number of ether oxygens (including phenoxy) is 2. The number of pyridine rings is 2. The smallest absolute Gasteiger partial charge is 0.136 e. The summed E-state index contributed by atoms with van der Waals surface area (Å²) in [6.45, 7) is 8.42. The fourth-order valence-electron chi connectivity index (χ4n) is 6.31. The van der Waals surface area contributed by atoms with Gasteiger partial charge in [0.2, 0.25) is 0 Å². The summed E-state index contributed by atoms with van der Waals surface area (Å²) in [4.78, 5) is 19.0. The van der Waals surface area contributed by atoms with Crippen molar-refractivity contribution >= 4 is 43.9 Å². The van der Waals surface area contributed by atoms with Crippen LogP contribution in [0.3, 0.4) is 0 Å². The van der Waals surface area contributed by atoms with Crippen molar-refractivity contribution in [3.05, 3.63) is 72.6 Å². The van der Waals surface area contributed by atoms with E-state index in [0.29, 0.717) is 26.4 Å². The first kappa shape index (κ1) is 30.2. The van der Waals surface area contributed by atoms with Crippen LogP contribution < -0.4 is 0 Å². The Kier molecular flexibility index (Phi) is 10.1. The Morgan fingerprint density at radius 2 is 0.932 bits per heavy atom. The molecule has 0 saturated heterocycles. The van der Waals surface area contributed by atoms with Crippen LogP contribution in [-0.2, 0) is 35.8 Å². The highest BCUT2D eigenvalue weighted by Gasteiger charge is 2.15. The number of nitrogens with zero attached hydrogens (tertiary/aromatic N) is 6. The van der Waals surface area contributed by atoms with Gasteiger partial charge in [-0.25, -0.2) is 9.97 Å². The number of rotatable bonds is 17. The molecule has 0 aliphatic heterocycles. The lowest BCUT2D eigenvalue weighted by molar-refractivity contribution is 0.125. The van der Waals surface area contributed by atoms with Crippen LogP contribution in [0.2, 0.25) is 0 Å². The van der Waals surface area contributed by atoms with Crippen LogP contribution in [0.5, 0.6) is 0 Å². The number of hydrogen-bond donors (Lipinski definition) is 0. The van der Waals surface area contributed by atoms with Crippen molar-refractivity contribution < 1.29 is 9.47 Å². The first-order valence-corrected chi connectivity index (χ1v) is 16.4. The van der Waals surface area contributed by atoms with Gasteiger partial charge >= 0.3 is 0 Å². The molecule has 0 N–H and O–H groups in total. The molecule has 0 radical (unpaired) electrons. The molecule has 230 valence electrons. The summed E-state index contributed by atoms with van der Waals surface area (Å²) in [5, 5.41) is 2.33. The third-order valence-electron chi connectivity index (χ3n) is 8.50. The van der Waals surface area contributed by atoms with Crippen LogP contribution >= 0.6 is 0 Å². The lowest BCUT2D eigenvalue weighted by Crippen LogP contribution is -2.06. The van der Waals surface area contributed by atoms with E-state index < -0.39 is 0 Å². The molecular weight excluding hydrogens is 548 g/mol.